The predicted molar refractivity (Wildman–Crippen MR) is 91.8 cm³/mol. The summed E-state index contributed by atoms with van der Waals surface area (Å²) < 4.78 is 5.37. The molecule has 0 spiro atoms. The van der Waals surface area contributed by atoms with Gasteiger partial charge in [0.15, 0.2) is 0 Å². The molecule has 0 atom stereocenters. The summed E-state index contributed by atoms with van der Waals surface area (Å²) in [5.41, 5.74) is 4.04. The van der Waals surface area contributed by atoms with Crippen LogP contribution in [-0.4, -0.2) is 32.2 Å². The van der Waals surface area contributed by atoms with E-state index in [1.165, 1.54) is 5.69 Å². The number of carbonyl (C=O) groups excluding carboxylic acids is 1. The monoisotopic (exact) mass is 310 g/mol. The Balaban J connectivity index is 1.58. The molecule has 0 saturated carbocycles. The van der Waals surface area contributed by atoms with Crippen LogP contribution in [0, 0.1) is 6.92 Å². The Hall–Kier alpha value is -2.33. The predicted octanol–water partition coefficient (Wildman–Crippen LogP) is 2.76. The Morgan fingerprint density at radius 3 is 2.48 bits per heavy atom. The van der Waals surface area contributed by atoms with Gasteiger partial charge in [0.2, 0.25) is 0 Å². The van der Waals surface area contributed by atoms with Gasteiger partial charge in [0, 0.05) is 30.9 Å². The first-order valence-corrected chi connectivity index (χ1v) is 7.99. The maximum Gasteiger partial charge on any atom is 0.251 e. The van der Waals surface area contributed by atoms with E-state index in [1.807, 2.05) is 31.2 Å². The van der Waals surface area contributed by atoms with Crippen LogP contribution in [0.1, 0.15) is 21.5 Å². The van der Waals surface area contributed by atoms with Crippen molar-refractivity contribution in [2.75, 3.05) is 31.2 Å². The van der Waals surface area contributed by atoms with Gasteiger partial charge in [-0.15, -0.1) is 0 Å². The highest BCUT2D eigenvalue weighted by atomic mass is 16.5. The molecule has 0 radical (unpaired) electrons. The number of ether oxygens (including phenoxy) is 1. The number of aryl methyl sites for hydroxylation is 1. The van der Waals surface area contributed by atoms with Crippen molar-refractivity contribution >= 4 is 11.6 Å². The average molecular weight is 310 g/mol. The summed E-state index contributed by atoms with van der Waals surface area (Å²) in [5, 5.41) is 2.98. The molecule has 0 bridgehead atoms. The van der Waals surface area contributed by atoms with Crippen LogP contribution in [-0.2, 0) is 11.3 Å². The SMILES string of the molecule is Cc1ccccc1C(=O)NCc1ccc(N2CCOCC2)cc1. The molecule has 1 heterocycles. The van der Waals surface area contributed by atoms with Crippen molar-refractivity contribution in [3.63, 3.8) is 0 Å². The minimum Gasteiger partial charge on any atom is -0.378 e. The van der Waals surface area contributed by atoms with Crippen LogP contribution >= 0.6 is 0 Å². The Labute approximate surface area is 137 Å². The molecule has 2 aromatic rings. The second kappa shape index (κ2) is 7.29. The molecule has 3 rings (SSSR count). The molecule has 1 amide bonds. The van der Waals surface area contributed by atoms with Crippen molar-refractivity contribution in [3.8, 4) is 0 Å². The molecule has 1 aliphatic rings. The first-order valence-electron chi connectivity index (χ1n) is 7.99. The van der Waals surface area contributed by atoms with E-state index >= 15 is 0 Å². The summed E-state index contributed by atoms with van der Waals surface area (Å²) in [6, 6.07) is 16.0. The first kappa shape index (κ1) is 15.6. The Morgan fingerprint density at radius 2 is 1.78 bits per heavy atom. The zero-order valence-electron chi connectivity index (χ0n) is 13.4. The van der Waals surface area contributed by atoms with E-state index < -0.39 is 0 Å². The first-order chi connectivity index (χ1) is 11.2. The van der Waals surface area contributed by atoms with E-state index in [9.17, 15) is 4.79 Å². The molecular weight excluding hydrogens is 288 g/mol. The molecule has 1 saturated heterocycles. The highest BCUT2D eigenvalue weighted by molar-refractivity contribution is 5.95. The maximum atomic E-state index is 12.2. The third-order valence-electron chi connectivity index (χ3n) is 4.16. The lowest BCUT2D eigenvalue weighted by molar-refractivity contribution is 0.0950. The van der Waals surface area contributed by atoms with Crippen molar-refractivity contribution in [1.82, 2.24) is 5.32 Å². The van der Waals surface area contributed by atoms with Crippen molar-refractivity contribution in [2.45, 2.75) is 13.5 Å². The average Bonchev–Trinajstić information content (AvgIpc) is 2.61. The summed E-state index contributed by atoms with van der Waals surface area (Å²) >= 11 is 0. The molecule has 23 heavy (non-hydrogen) atoms. The normalized spacial score (nSPS) is 14.6. The summed E-state index contributed by atoms with van der Waals surface area (Å²) in [4.78, 5) is 14.5. The van der Waals surface area contributed by atoms with E-state index in [1.54, 1.807) is 0 Å². The molecular formula is C19H22N2O2. The number of carbonyl (C=O) groups is 1. The van der Waals surface area contributed by atoms with E-state index in [0.717, 1.165) is 43.0 Å². The fourth-order valence-corrected chi connectivity index (χ4v) is 2.75. The molecule has 4 heteroatoms. The van der Waals surface area contributed by atoms with Gasteiger partial charge in [-0.05, 0) is 36.2 Å². The van der Waals surface area contributed by atoms with Gasteiger partial charge in [0.25, 0.3) is 5.91 Å². The second-order valence-electron chi connectivity index (χ2n) is 5.76. The van der Waals surface area contributed by atoms with Crippen LogP contribution in [0.5, 0.6) is 0 Å². The highest BCUT2D eigenvalue weighted by Crippen LogP contribution is 2.16. The third-order valence-corrected chi connectivity index (χ3v) is 4.16. The fraction of sp³-hybridized carbons (Fsp3) is 0.316. The minimum absolute atomic E-state index is 0.0274. The lowest BCUT2D eigenvalue weighted by Crippen LogP contribution is -2.36. The van der Waals surface area contributed by atoms with Gasteiger partial charge in [0.05, 0.1) is 13.2 Å². The van der Waals surface area contributed by atoms with Gasteiger partial charge >= 0.3 is 0 Å². The standard InChI is InChI=1S/C19H22N2O2/c1-15-4-2-3-5-18(15)19(22)20-14-16-6-8-17(9-7-16)21-10-12-23-13-11-21/h2-9H,10-14H2,1H3,(H,20,22). The third kappa shape index (κ3) is 3.90. The van der Waals surface area contributed by atoms with Crippen LogP contribution < -0.4 is 10.2 Å². The number of hydrogen-bond acceptors (Lipinski definition) is 3. The number of hydrogen-bond donors (Lipinski definition) is 1. The van der Waals surface area contributed by atoms with Crippen molar-refractivity contribution < 1.29 is 9.53 Å². The quantitative estimate of drug-likeness (QED) is 0.944. The summed E-state index contributed by atoms with van der Waals surface area (Å²) in [6.45, 7) is 5.93. The van der Waals surface area contributed by atoms with Crippen LogP contribution in [0.25, 0.3) is 0 Å². The molecule has 1 fully saturated rings. The highest BCUT2D eigenvalue weighted by Gasteiger charge is 2.11. The van der Waals surface area contributed by atoms with Gasteiger partial charge < -0.3 is 15.0 Å². The van der Waals surface area contributed by atoms with Crippen LogP contribution in [0.2, 0.25) is 0 Å². The molecule has 0 aromatic heterocycles. The molecule has 0 unspecified atom stereocenters. The van der Waals surface area contributed by atoms with Crippen molar-refractivity contribution in [1.29, 1.82) is 0 Å². The van der Waals surface area contributed by atoms with E-state index in [4.69, 9.17) is 4.74 Å². The number of benzene rings is 2. The van der Waals surface area contributed by atoms with Crippen molar-refractivity contribution in [2.24, 2.45) is 0 Å². The summed E-state index contributed by atoms with van der Waals surface area (Å²) in [5.74, 6) is -0.0274. The van der Waals surface area contributed by atoms with E-state index in [0.29, 0.717) is 6.54 Å². The van der Waals surface area contributed by atoms with Gasteiger partial charge in [-0.3, -0.25) is 4.79 Å². The van der Waals surface area contributed by atoms with Crippen LogP contribution in [0.3, 0.4) is 0 Å². The molecule has 0 aliphatic carbocycles. The number of nitrogens with zero attached hydrogens (tertiary/aromatic N) is 1. The topological polar surface area (TPSA) is 41.6 Å². The summed E-state index contributed by atoms with van der Waals surface area (Å²) in [7, 11) is 0. The minimum atomic E-state index is -0.0274. The van der Waals surface area contributed by atoms with Crippen LogP contribution in [0.15, 0.2) is 48.5 Å². The van der Waals surface area contributed by atoms with Gasteiger partial charge in [0.1, 0.15) is 0 Å². The lowest BCUT2D eigenvalue weighted by Gasteiger charge is -2.28. The molecule has 120 valence electrons. The Kier molecular flexibility index (Phi) is 4.93. The molecule has 2 aromatic carbocycles. The van der Waals surface area contributed by atoms with Gasteiger partial charge in [-0.25, -0.2) is 0 Å². The molecule has 1 N–H and O–H groups in total. The van der Waals surface area contributed by atoms with E-state index in [2.05, 4.69) is 34.5 Å². The number of anilines is 1. The van der Waals surface area contributed by atoms with Crippen LogP contribution in [0.4, 0.5) is 5.69 Å². The second-order valence-corrected chi connectivity index (χ2v) is 5.76. The van der Waals surface area contributed by atoms with Gasteiger partial charge in [-0.1, -0.05) is 30.3 Å². The molecule has 1 aliphatic heterocycles. The smallest absolute Gasteiger partial charge is 0.251 e. The fourth-order valence-electron chi connectivity index (χ4n) is 2.75. The summed E-state index contributed by atoms with van der Waals surface area (Å²) in [6.07, 6.45) is 0. The van der Waals surface area contributed by atoms with Gasteiger partial charge in [-0.2, -0.15) is 0 Å². The Morgan fingerprint density at radius 1 is 1.09 bits per heavy atom. The largest absolute Gasteiger partial charge is 0.378 e. The molecule has 4 nitrogen and oxygen atoms in total. The number of nitrogens with one attached hydrogen (secondary N) is 1. The zero-order chi connectivity index (χ0) is 16.1. The Bertz CT molecular complexity index is 661. The maximum absolute atomic E-state index is 12.2. The van der Waals surface area contributed by atoms with E-state index in [-0.39, 0.29) is 5.91 Å². The number of rotatable bonds is 4. The lowest BCUT2D eigenvalue weighted by atomic mass is 10.1. The number of amides is 1. The zero-order valence-corrected chi connectivity index (χ0v) is 13.4. The van der Waals surface area contributed by atoms with Crippen molar-refractivity contribution in [3.05, 3.63) is 65.2 Å². The number of morpholine rings is 1.